The van der Waals surface area contributed by atoms with E-state index in [1.807, 2.05) is 32.6 Å². The predicted molar refractivity (Wildman–Crippen MR) is 58.8 cm³/mol. The molecule has 80 valence electrons. The highest BCUT2D eigenvalue weighted by atomic mass is 16.2. The average Bonchev–Trinajstić information content (AvgIpc) is 2.58. The fourth-order valence-corrected chi connectivity index (χ4v) is 1.22. The Bertz CT molecular complexity index is 121. The van der Waals surface area contributed by atoms with Crippen molar-refractivity contribution in [3.05, 3.63) is 0 Å². The SMILES string of the molecule is CC.CC.CC(C)N1CCCC1=O. The summed E-state index contributed by atoms with van der Waals surface area (Å²) in [5.41, 5.74) is 0. The Hall–Kier alpha value is -0.530. The zero-order chi connectivity index (χ0) is 10.9. The summed E-state index contributed by atoms with van der Waals surface area (Å²) in [5, 5.41) is 0. The monoisotopic (exact) mass is 187 g/mol. The van der Waals surface area contributed by atoms with E-state index < -0.39 is 0 Å². The second kappa shape index (κ2) is 9.56. The molecule has 0 saturated carbocycles. The largest absolute Gasteiger partial charge is 0.340 e. The lowest BCUT2D eigenvalue weighted by Crippen LogP contribution is -2.31. The van der Waals surface area contributed by atoms with Crippen LogP contribution in [0.25, 0.3) is 0 Å². The van der Waals surface area contributed by atoms with E-state index in [-0.39, 0.29) is 0 Å². The maximum atomic E-state index is 10.9. The zero-order valence-corrected chi connectivity index (χ0v) is 10.1. The van der Waals surface area contributed by atoms with Crippen LogP contribution < -0.4 is 0 Å². The van der Waals surface area contributed by atoms with E-state index in [1.165, 1.54) is 0 Å². The molecule has 1 amide bonds. The fourth-order valence-electron chi connectivity index (χ4n) is 1.22. The molecule has 0 spiro atoms. The van der Waals surface area contributed by atoms with E-state index in [0.29, 0.717) is 11.9 Å². The Labute approximate surface area is 83.3 Å². The molecule has 1 aliphatic heterocycles. The van der Waals surface area contributed by atoms with Gasteiger partial charge in [0.25, 0.3) is 0 Å². The standard InChI is InChI=1S/C7H13NO.2C2H6/c1-6(2)8-5-3-4-7(8)9;2*1-2/h6H,3-5H2,1-2H3;2*1-2H3. The van der Waals surface area contributed by atoms with Crippen molar-refractivity contribution in [2.24, 2.45) is 0 Å². The molecule has 13 heavy (non-hydrogen) atoms. The molecule has 2 nitrogen and oxygen atoms in total. The molecular weight excluding hydrogens is 162 g/mol. The number of rotatable bonds is 1. The minimum Gasteiger partial charge on any atom is -0.340 e. The number of carbonyl (C=O) groups is 1. The first-order valence-electron chi connectivity index (χ1n) is 5.51. The molecule has 0 aromatic carbocycles. The van der Waals surface area contributed by atoms with Gasteiger partial charge in [-0.1, -0.05) is 27.7 Å². The molecule has 0 aromatic heterocycles. The Morgan fingerprint density at radius 1 is 1.15 bits per heavy atom. The van der Waals surface area contributed by atoms with Crippen molar-refractivity contribution in [2.75, 3.05) is 6.54 Å². The van der Waals surface area contributed by atoms with Gasteiger partial charge < -0.3 is 4.90 Å². The Morgan fingerprint density at radius 2 is 1.62 bits per heavy atom. The fraction of sp³-hybridized carbons (Fsp3) is 0.909. The van der Waals surface area contributed by atoms with Crippen molar-refractivity contribution in [2.45, 2.75) is 60.4 Å². The van der Waals surface area contributed by atoms with Crippen molar-refractivity contribution < 1.29 is 4.79 Å². The van der Waals surface area contributed by atoms with Crippen LogP contribution in [0.5, 0.6) is 0 Å². The molecule has 0 bridgehead atoms. The number of carbonyl (C=O) groups excluding carboxylic acids is 1. The van der Waals surface area contributed by atoms with Gasteiger partial charge in [0.1, 0.15) is 0 Å². The van der Waals surface area contributed by atoms with Crippen LogP contribution in [0.4, 0.5) is 0 Å². The van der Waals surface area contributed by atoms with E-state index in [9.17, 15) is 4.79 Å². The van der Waals surface area contributed by atoms with Gasteiger partial charge in [0.2, 0.25) is 5.91 Å². The van der Waals surface area contributed by atoms with Crippen LogP contribution in [-0.4, -0.2) is 23.4 Å². The van der Waals surface area contributed by atoms with Crippen molar-refractivity contribution in [1.82, 2.24) is 4.90 Å². The van der Waals surface area contributed by atoms with Gasteiger partial charge in [-0.2, -0.15) is 0 Å². The maximum absolute atomic E-state index is 10.9. The van der Waals surface area contributed by atoms with Gasteiger partial charge in [0.15, 0.2) is 0 Å². The second-order valence-corrected chi connectivity index (χ2v) is 2.78. The van der Waals surface area contributed by atoms with E-state index in [2.05, 4.69) is 13.8 Å². The molecule has 0 atom stereocenters. The molecule has 1 heterocycles. The minimum absolute atomic E-state index is 0.324. The molecule has 1 rings (SSSR count). The summed E-state index contributed by atoms with van der Waals surface area (Å²) in [7, 11) is 0. The molecule has 0 N–H and O–H groups in total. The van der Waals surface area contributed by atoms with E-state index >= 15 is 0 Å². The second-order valence-electron chi connectivity index (χ2n) is 2.78. The number of nitrogens with zero attached hydrogens (tertiary/aromatic N) is 1. The molecule has 1 fully saturated rings. The van der Waals surface area contributed by atoms with Crippen LogP contribution in [-0.2, 0) is 4.79 Å². The number of likely N-dealkylation sites (tertiary alicyclic amines) is 1. The van der Waals surface area contributed by atoms with Crippen LogP contribution in [0.2, 0.25) is 0 Å². The summed E-state index contributed by atoms with van der Waals surface area (Å²) in [4.78, 5) is 12.9. The topological polar surface area (TPSA) is 20.3 Å². The maximum Gasteiger partial charge on any atom is 0.222 e. The first kappa shape index (κ1) is 15.0. The van der Waals surface area contributed by atoms with E-state index in [4.69, 9.17) is 0 Å². The highest BCUT2D eigenvalue weighted by molar-refractivity contribution is 5.78. The quantitative estimate of drug-likeness (QED) is 0.618. The van der Waals surface area contributed by atoms with Crippen LogP contribution in [0.15, 0.2) is 0 Å². The summed E-state index contributed by atoms with van der Waals surface area (Å²) < 4.78 is 0. The summed E-state index contributed by atoms with van der Waals surface area (Å²) in [6.45, 7) is 13.1. The molecule has 0 radical (unpaired) electrons. The number of hydrogen-bond donors (Lipinski definition) is 0. The van der Waals surface area contributed by atoms with Crippen molar-refractivity contribution >= 4 is 5.91 Å². The Morgan fingerprint density at radius 3 is 1.77 bits per heavy atom. The molecule has 0 aromatic rings. The van der Waals surface area contributed by atoms with Gasteiger partial charge in [-0.25, -0.2) is 0 Å². The van der Waals surface area contributed by atoms with Gasteiger partial charge >= 0.3 is 0 Å². The summed E-state index contributed by atoms with van der Waals surface area (Å²) >= 11 is 0. The highest BCUT2D eigenvalue weighted by Crippen LogP contribution is 2.12. The molecule has 1 aliphatic rings. The van der Waals surface area contributed by atoms with Gasteiger partial charge in [-0.15, -0.1) is 0 Å². The lowest BCUT2D eigenvalue weighted by molar-refractivity contribution is -0.129. The first-order chi connectivity index (χ1) is 6.22. The smallest absolute Gasteiger partial charge is 0.222 e. The zero-order valence-electron chi connectivity index (χ0n) is 10.1. The molecular formula is C11H25NO. The highest BCUT2D eigenvalue weighted by Gasteiger charge is 2.21. The minimum atomic E-state index is 0.324. The first-order valence-corrected chi connectivity index (χ1v) is 5.51. The van der Waals surface area contributed by atoms with E-state index in [1.54, 1.807) is 0 Å². The molecule has 0 aliphatic carbocycles. The Balaban J connectivity index is 0. The van der Waals surface area contributed by atoms with Crippen LogP contribution in [0, 0.1) is 0 Å². The summed E-state index contributed by atoms with van der Waals surface area (Å²) in [5.74, 6) is 0.324. The lowest BCUT2D eigenvalue weighted by atomic mass is 10.3. The van der Waals surface area contributed by atoms with Crippen LogP contribution in [0.1, 0.15) is 54.4 Å². The van der Waals surface area contributed by atoms with Crippen LogP contribution >= 0.6 is 0 Å². The van der Waals surface area contributed by atoms with Gasteiger partial charge in [0, 0.05) is 19.0 Å². The molecule has 1 saturated heterocycles. The average molecular weight is 187 g/mol. The lowest BCUT2D eigenvalue weighted by Gasteiger charge is -2.19. The summed E-state index contributed by atoms with van der Waals surface area (Å²) in [6.07, 6.45) is 1.81. The Kier molecular flexibility index (Phi) is 11.0. The molecule has 0 unspecified atom stereocenters. The third-order valence-electron chi connectivity index (χ3n) is 1.73. The van der Waals surface area contributed by atoms with Gasteiger partial charge in [-0.05, 0) is 20.3 Å². The van der Waals surface area contributed by atoms with Crippen molar-refractivity contribution in [3.8, 4) is 0 Å². The third-order valence-corrected chi connectivity index (χ3v) is 1.73. The normalized spacial score (nSPS) is 14.7. The van der Waals surface area contributed by atoms with Crippen LogP contribution in [0.3, 0.4) is 0 Å². The third kappa shape index (κ3) is 5.67. The van der Waals surface area contributed by atoms with E-state index in [0.717, 1.165) is 19.4 Å². The summed E-state index contributed by atoms with van der Waals surface area (Å²) in [6, 6.07) is 0.403. The number of hydrogen-bond acceptors (Lipinski definition) is 1. The van der Waals surface area contributed by atoms with Gasteiger partial charge in [0.05, 0.1) is 0 Å². The number of amides is 1. The van der Waals surface area contributed by atoms with Crippen molar-refractivity contribution in [3.63, 3.8) is 0 Å². The van der Waals surface area contributed by atoms with Gasteiger partial charge in [-0.3, -0.25) is 4.79 Å². The molecule has 2 heteroatoms. The van der Waals surface area contributed by atoms with Crippen molar-refractivity contribution in [1.29, 1.82) is 0 Å². The predicted octanol–water partition coefficient (Wildman–Crippen LogP) is 3.07.